The minimum Gasteiger partial charge on any atom is -0.381 e. The van der Waals surface area contributed by atoms with Crippen LogP contribution in [-0.4, -0.2) is 42.7 Å². The van der Waals surface area contributed by atoms with Crippen molar-refractivity contribution in [3.05, 3.63) is 0 Å². The minimum absolute atomic E-state index is 0. The molecule has 6 nitrogen and oxygen atoms in total. The summed E-state index contributed by atoms with van der Waals surface area (Å²) >= 11 is 0. The molecule has 0 bridgehead atoms. The predicted octanol–water partition coefficient (Wildman–Crippen LogP) is 0.582. The second kappa shape index (κ2) is 8.56. The molecule has 0 radical (unpaired) electrons. The summed E-state index contributed by atoms with van der Waals surface area (Å²) in [4.78, 5) is 24.0. The summed E-state index contributed by atoms with van der Waals surface area (Å²) in [5.74, 6) is -0.347. The highest BCUT2D eigenvalue weighted by molar-refractivity contribution is 5.89. The van der Waals surface area contributed by atoms with Crippen molar-refractivity contribution in [2.75, 3.05) is 13.2 Å². The van der Waals surface area contributed by atoms with E-state index in [-0.39, 0.29) is 35.7 Å². The number of hydrogen-bond acceptors (Lipinski definition) is 4. The minimum atomic E-state index is -0.590. The highest BCUT2D eigenvalue weighted by atomic mass is 35.5. The van der Waals surface area contributed by atoms with Gasteiger partial charge < -0.3 is 21.1 Å². The van der Waals surface area contributed by atoms with Crippen molar-refractivity contribution in [3.8, 4) is 0 Å². The van der Waals surface area contributed by atoms with Crippen molar-refractivity contribution in [1.82, 2.24) is 10.6 Å². The molecule has 0 saturated carbocycles. The van der Waals surface area contributed by atoms with Gasteiger partial charge in [-0.2, -0.15) is 0 Å². The van der Waals surface area contributed by atoms with Gasteiger partial charge in [-0.1, -0.05) is 0 Å². The van der Waals surface area contributed by atoms with Gasteiger partial charge in [-0.25, -0.2) is 0 Å². The van der Waals surface area contributed by atoms with Crippen LogP contribution in [0.4, 0.5) is 0 Å². The zero-order chi connectivity index (χ0) is 15.3. The van der Waals surface area contributed by atoms with E-state index in [1.807, 2.05) is 20.8 Å². The highest BCUT2D eigenvalue weighted by Crippen LogP contribution is 2.17. The van der Waals surface area contributed by atoms with E-state index in [0.29, 0.717) is 13.2 Å². The lowest BCUT2D eigenvalue weighted by atomic mass is 9.91. The molecule has 124 valence electrons. The molecule has 0 spiro atoms. The molecule has 21 heavy (non-hydrogen) atoms. The van der Waals surface area contributed by atoms with E-state index < -0.39 is 12.1 Å². The molecule has 1 rings (SSSR count). The maximum atomic E-state index is 12.1. The second-order valence-electron chi connectivity index (χ2n) is 6.45. The standard InChI is InChI=1S/C14H27N3O3.ClH/c1-9(12(18)17-14(2,3)4)16-13(19)11(15)10-5-7-20-8-6-10;/h9-11H,5-8,15H2,1-4H3,(H,16,19)(H,17,18);1H. The van der Waals surface area contributed by atoms with E-state index in [9.17, 15) is 9.59 Å². The fraction of sp³-hybridized carbons (Fsp3) is 0.857. The number of rotatable bonds is 4. The van der Waals surface area contributed by atoms with E-state index in [0.717, 1.165) is 12.8 Å². The van der Waals surface area contributed by atoms with Crippen molar-refractivity contribution in [1.29, 1.82) is 0 Å². The van der Waals surface area contributed by atoms with E-state index in [1.54, 1.807) is 6.92 Å². The molecule has 0 aromatic heterocycles. The van der Waals surface area contributed by atoms with Crippen molar-refractivity contribution >= 4 is 24.2 Å². The molecule has 1 heterocycles. The Labute approximate surface area is 133 Å². The van der Waals surface area contributed by atoms with Crippen LogP contribution in [0, 0.1) is 5.92 Å². The first-order chi connectivity index (χ1) is 9.20. The van der Waals surface area contributed by atoms with E-state index in [4.69, 9.17) is 10.5 Å². The summed E-state index contributed by atoms with van der Waals surface area (Å²) in [6, 6.07) is -1.17. The number of ether oxygens (including phenoxy) is 1. The average molecular weight is 322 g/mol. The quantitative estimate of drug-likeness (QED) is 0.706. The van der Waals surface area contributed by atoms with Crippen LogP contribution >= 0.6 is 12.4 Å². The first-order valence-corrected chi connectivity index (χ1v) is 7.16. The van der Waals surface area contributed by atoms with Crippen molar-refractivity contribution in [3.63, 3.8) is 0 Å². The fourth-order valence-electron chi connectivity index (χ4n) is 2.14. The van der Waals surface area contributed by atoms with E-state index in [1.165, 1.54) is 0 Å². The van der Waals surface area contributed by atoms with Gasteiger partial charge in [0.05, 0.1) is 6.04 Å². The third kappa shape index (κ3) is 7.11. The van der Waals surface area contributed by atoms with Gasteiger partial charge in [0.25, 0.3) is 0 Å². The lowest BCUT2D eigenvalue weighted by molar-refractivity contribution is -0.131. The smallest absolute Gasteiger partial charge is 0.242 e. The van der Waals surface area contributed by atoms with Crippen LogP contribution in [-0.2, 0) is 14.3 Å². The monoisotopic (exact) mass is 321 g/mol. The first kappa shape index (κ1) is 20.1. The van der Waals surface area contributed by atoms with Crippen molar-refractivity contribution < 1.29 is 14.3 Å². The molecule has 0 aromatic rings. The largest absolute Gasteiger partial charge is 0.381 e. The molecule has 2 atom stereocenters. The van der Waals surface area contributed by atoms with Crippen molar-refractivity contribution in [2.24, 2.45) is 11.7 Å². The number of halogens is 1. The van der Waals surface area contributed by atoms with Gasteiger partial charge in [0.1, 0.15) is 6.04 Å². The third-order valence-electron chi connectivity index (χ3n) is 3.33. The molecular formula is C14H28ClN3O3. The van der Waals surface area contributed by atoms with E-state index >= 15 is 0 Å². The second-order valence-corrected chi connectivity index (χ2v) is 6.45. The number of hydrogen-bond donors (Lipinski definition) is 3. The maximum Gasteiger partial charge on any atom is 0.242 e. The molecule has 0 aliphatic carbocycles. The SMILES string of the molecule is CC(NC(=O)C(N)C1CCOCC1)C(=O)NC(C)(C)C.Cl. The molecule has 2 unspecified atom stereocenters. The van der Waals surface area contributed by atoms with Gasteiger partial charge in [0, 0.05) is 18.8 Å². The summed E-state index contributed by atoms with van der Waals surface area (Å²) in [5, 5.41) is 5.51. The summed E-state index contributed by atoms with van der Waals surface area (Å²) in [6.45, 7) is 8.64. The lowest BCUT2D eigenvalue weighted by Gasteiger charge is -2.28. The van der Waals surface area contributed by atoms with Crippen LogP contribution in [0.3, 0.4) is 0 Å². The Hall–Kier alpha value is -0.850. The normalized spacial score (nSPS) is 19.1. The van der Waals surface area contributed by atoms with Crippen LogP contribution in [0.15, 0.2) is 0 Å². The van der Waals surface area contributed by atoms with Gasteiger partial charge in [-0.3, -0.25) is 9.59 Å². The number of amides is 2. The van der Waals surface area contributed by atoms with Gasteiger partial charge >= 0.3 is 0 Å². The van der Waals surface area contributed by atoms with Gasteiger partial charge in [0.2, 0.25) is 11.8 Å². The first-order valence-electron chi connectivity index (χ1n) is 7.16. The molecule has 1 fully saturated rings. The zero-order valence-corrected chi connectivity index (χ0v) is 14.1. The number of carbonyl (C=O) groups excluding carboxylic acids is 2. The Kier molecular flexibility index (Phi) is 8.21. The van der Waals surface area contributed by atoms with Crippen LogP contribution in [0.1, 0.15) is 40.5 Å². The molecule has 1 aliphatic rings. The van der Waals surface area contributed by atoms with Gasteiger partial charge in [0.15, 0.2) is 0 Å². The summed E-state index contributed by atoms with van der Waals surface area (Å²) in [5.41, 5.74) is 5.65. The topological polar surface area (TPSA) is 93.5 Å². The Morgan fingerprint density at radius 2 is 1.71 bits per heavy atom. The van der Waals surface area contributed by atoms with E-state index in [2.05, 4.69) is 10.6 Å². The highest BCUT2D eigenvalue weighted by Gasteiger charge is 2.29. The molecule has 1 aliphatic heterocycles. The molecule has 2 amide bonds. The fourth-order valence-corrected chi connectivity index (χ4v) is 2.14. The van der Waals surface area contributed by atoms with Crippen LogP contribution in [0.2, 0.25) is 0 Å². The van der Waals surface area contributed by atoms with Gasteiger partial charge in [-0.15, -0.1) is 12.4 Å². The molecular weight excluding hydrogens is 294 g/mol. The molecule has 0 aromatic carbocycles. The predicted molar refractivity (Wildman–Crippen MR) is 84.3 cm³/mol. The average Bonchev–Trinajstić information content (AvgIpc) is 2.36. The van der Waals surface area contributed by atoms with Crippen LogP contribution < -0.4 is 16.4 Å². The van der Waals surface area contributed by atoms with Gasteiger partial charge in [-0.05, 0) is 46.5 Å². The van der Waals surface area contributed by atoms with Crippen molar-refractivity contribution in [2.45, 2.75) is 58.2 Å². The summed E-state index contributed by atoms with van der Waals surface area (Å²) < 4.78 is 5.25. The molecule has 4 N–H and O–H groups in total. The number of nitrogens with two attached hydrogens (primary N) is 1. The Morgan fingerprint density at radius 1 is 1.19 bits per heavy atom. The zero-order valence-electron chi connectivity index (χ0n) is 13.3. The Morgan fingerprint density at radius 3 is 2.19 bits per heavy atom. The lowest BCUT2D eigenvalue weighted by Crippen LogP contribution is -2.55. The molecule has 7 heteroatoms. The van der Waals surface area contributed by atoms with Crippen LogP contribution in [0.25, 0.3) is 0 Å². The summed E-state index contributed by atoms with van der Waals surface area (Å²) in [7, 11) is 0. The maximum absolute atomic E-state index is 12.1. The van der Waals surface area contributed by atoms with Crippen LogP contribution in [0.5, 0.6) is 0 Å². The number of carbonyl (C=O) groups is 2. The Bertz CT molecular complexity index is 352. The number of nitrogens with one attached hydrogen (secondary N) is 2. The third-order valence-corrected chi connectivity index (χ3v) is 3.33. The molecule has 1 saturated heterocycles. The summed E-state index contributed by atoms with van der Waals surface area (Å²) in [6.07, 6.45) is 1.58. The Balaban J connectivity index is 0.00000400.